The van der Waals surface area contributed by atoms with E-state index in [0.29, 0.717) is 17.4 Å². The zero-order valence-corrected chi connectivity index (χ0v) is 15.2. The van der Waals surface area contributed by atoms with Crippen molar-refractivity contribution in [3.05, 3.63) is 42.0 Å². The lowest BCUT2D eigenvalue weighted by Crippen LogP contribution is -2.43. The average molecular weight is 366 g/mol. The van der Waals surface area contributed by atoms with Crippen LogP contribution in [-0.2, 0) is 11.1 Å². The molecule has 0 radical (unpaired) electrons. The van der Waals surface area contributed by atoms with Gasteiger partial charge in [-0.05, 0) is 38.8 Å². The van der Waals surface area contributed by atoms with E-state index in [1.807, 2.05) is 44.2 Å². The Kier molecular flexibility index (Phi) is 5.69. The molecule has 0 bridgehead atoms. The second-order valence-corrected chi connectivity index (χ2v) is 6.86. The number of benzene rings is 1. The van der Waals surface area contributed by atoms with Gasteiger partial charge in [-0.15, -0.1) is 12.4 Å². The number of carbonyl (C=O) groups excluding carboxylic acids is 1. The first-order chi connectivity index (χ1) is 11.4. The van der Waals surface area contributed by atoms with Crippen LogP contribution in [0.1, 0.15) is 51.2 Å². The van der Waals surface area contributed by atoms with Crippen LogP contribution in [0, 0.1) is 0 Å². The van der Waals surface area contributed by atoms with E-state index in [1.54, 1.807) is 0 Å². The lowest BCUT2D eigenvalue weighted by molar-refractivity contribution is 0.228. The Morgan fingerprint density at radius 2 is 1.88 bits per heavy atom. The largest absolute Gasteiger partial charge is 0.337 e. The van der Waals surface area contributed by atoms with Gasteiger partial charge in [0, 0.05) is 5.69 Å². The number of hydrogen-bond donors (Lipinski definition) is 3. The lowest BCUT2D eigenvalue weighted by atomic mass is 9.98. The molecule has 0 spiro atoms. The number of aromatic nitrogens is 2. The van der Waals surface area contributed by atoms with E-state index in [-0.39, 0.29) is 18.4 Å². The Morgan fingerprint density at radius 3 is 2.52 bits per heavy atom. The number of amides is 2. The molecule has 2 amide bonds. The zero-order chi connectivity index (χ0) is 17.2. The first-order valence-corrected chi connectivity index (χ1v) is 8.17. The summed E-state index contributed by atoms with van der Waals surface area (Å²) in [7, 11) is 0. The van der Waals surface area contributed by atoms with Crippen molar-refractivity contribution in [3.63, 3.8) is 0 Å². The number of urea groups is 1. The molecule has 4 N–H and O–H groups in total. The SMILES string of the molecule is CC(C)(NC(=O)Nc1ccccc1)c1nc(C2(N)CCCC2)no1.Cl. The van der Waals surface area contributed by atoms with E-state index in [9.17, 15) is 4.79 Å². The fourth-order valence-corrected chi connectivity index (χ4v) is 2.93. The highest BCUT2D eigenvalue weighted by molar-refractivity contribution is 5.89. The average Bonchev–Trinajstić information content (AvgIpc) is 3.17. The Bertz CT molecular complexity index is 711. The maximum absolute atomic E-state index is 12.2. The summed E-state index contributed by atoms with van der Waals surface area (Å²) in [5.41, 5.74) is 5.75. The molecule has 0 unspecified atom stereocenters. The van der Waals surface area contributed by atoms with E-state index < -0.39 is 11.1 Å². The highest BCUT2D eigenvalue weighted by atomic mass is 35.5. The summed E-state index contributed by atoms with van der Waals surface area (Å²) in [5.74, 6) is 0.866. The van der Waals surface area contributed by atoms with Crippen LogP contribution in [0.25, 0.3) is 0 Å². The van der Waals surface area contributed by atoms with Crippen LogP contribution in [0.3, 0.4) is 0 Å². The Labute approximate surface area is 153 Å². The van der Waals surface area contributed by atoms with E-state index in [2.05, 4.69) is 20.8 Å². The molecule has 0 saturated heterocycles. The molecule has 2 aromatic rings. The lowest BCUT2D eigenvalue weighted by Gasteiger charge is -2.22. The maximum Gasteiger partial charge on any atom is 0.320 e. The number of anilines is 1. The summed E-state index contributed by atoms with van der Waals surface area (Å²) < 4.78 is 5.37. The van der Waals surface area contributed by atoms with Crippen molar-refractivity contribution >= 4 is 24.1 Å². The van der Waals surface area contributed by atoms with Gasteiger partial charge in [-0.2, -0.15) is 4.98 Å². The Hall–Kier alpha value is -2.12. The van der Waals surface area contributed by atoms with E-state index in [4.69, 9.17) is 10.3 Å². The van der Waals surface area contributed by atoms with Gasteiger partial charge in [-0.3, -0.25) is 0 Å². The number of halogens is 1. The fraction of sp³-hybridized carbons (Fsp3) is 0.471. The number of nitrogens with zero attached hydrogens (tertiary/aromatic N) is 2. The van der Waals surface area contributed by atoms with Crippen molar-refractivity contribution in [2.24, 2.45) is 5.73 Å². The third-order valence-corrected chi connectivity index (χ3v) is 4.36. The molecular formula is C17H24ClN5O2. The molecule has 1 saturated carbocycles. The number of carbonyl (C=O) groups is 1. The van der Waals surface area contributed by atoms with Crippen LogP contribution < -0.4 is 16.4 Å². The summed E-state index contributed by atoms with van der Waals surface area (Å²) >= 11 is 0. The number of nitrogens with two attached hydrogens (primary N) is 1. The summed E-state index contributed by atoms with van der Waals surface area (Å²) in [6, 6.07) is 8.89. The smallest absolute Gasteiger partial charge is 0.320 e. The highest BCUT2D eigenvalue weighted by Gasteiger charge is 2.38. The van der Waals surface area contributed by atoms with E-state index in [0.717, 1.165) is 25.7 Å². The van der Waals surface area contributed by atoms with Crippen molar-refractivity contribution in [3.8, 4) is 0 Å². The summed E-state index contributed by atoms with van der Waals surface area (Å²) in [6.07, 6.45) is 3.85. The molecule has 3 rings (SSSR count). The predicted molar refractivity (Wildman–Crippen MR) is 97.5 cm³/mol. The molecule has 0 aliphatic heterocycles. The van der Waals surface area contributed by atoms with Gasteiger partial charge in [0.15, 0.2) is 5.82 Å². The predicted octanol–water partition coefficient (Wildman–Crippen LogP) is 3.28. The minimum Gasteiger partial charge on any atom is -0.337 e. The van der Waals surface area contributed by atoms with Crippen molar-refractivity contribution in [2.75, 3.05) is 5.32 Å². The van der Waals surface area contributed by atoms with Crippen LogP contribution in [0.5, 0.6) is 0 Å². The van der Waals surface area contributed by atoms with Crippen molar-refractivity contribution in [1.29, 1.82) is 0 Å². The highest BCUT2D eigenvalue weighted by Crippen LogP contribution is 2.35. The van der Waals surface area contributed by atoms with E-state index in [1.165, 1.54) is 0 Å². The zero-order valence-electron chi connectivity index (χ0n) is 14.4. The first-order valence-electron chi connectivity index (χ1n) is 8.17. The molecule has 1 aliphatic rings. The van der Waals surface area contributed by atoms with Gasteiger partial charge < -0.3 is 20.9 Å². The topological polar surface area (TPSA) is 106 Å². The van der Waals surface area contributed by atoms with Gasteiger partial charge in [0.2, 0.25) is 0 Å². The van der Waals surface area contributed by atoms with Crippen molar-refractivity contribution in [2.45, 2.75) is 50.6 Å². The van der Waals surface area contributed by atoms with Crippen LogP contribution in [0.2, 0.25) is 0 Å². The van der Waals surface area contributed by atoms with Crippen molar-refractivity contribution in [1.82, 2.24) is 15.5 Å². The molecule has 1 aromatic carbocycles. The second kappa shape index (κ2) is 7.41. The van der Waals surface area contributed by atoms with Gasteiger partial charge in [-0.1, -0.05) is 36.2 Å². The summed E-state index contributed by atoms with van der Waals surface area (Å²) in [4.78, 5) is 16.6. The number of para-hydroxylation sites is 1. The minimum atomic E-state index is -0.806. The molecule has 1 aromatic heterocycles. The quantitative estimate of drug-likeness (QED) is 0.770. The third kappa shape index (κ3) is 4.29. The molecule has 1 heterocycles. The first kappa shape index (κ1) is 19.2. The molecule has 0 atom stereocenters. The fourth-order valence-electron chi connectivity index (χ4n) is 2.93. The number of hydrogen-bond acceptors (Lipinski definition) is 5. The molecule has 136 valence electrons. The minimum absolute atomic E-state index is 0. The Balaban J connectivity index is 0.00000225. The number of rotatable bonds is 4. The molecule has 7 nitrogen and oxygen atoms in total. The van der Waals surface area contributed by atoms with Crippen LogP contribution >= 0.6 is 12.4 Å². The standard InChI is InChI=1S/C17H23N5O2.ClH/c1-16(2,21-15(23)19-12-8-4-3-5-9-12)14-20-13(22-24-14)17(18)10-6-7-11-17;/h3-5,8-9H,6-7,10-11,18H2,1-2H3,(H2,19,21,23);1H. The molecular weight excluding hydrogens is 342 g/mol. The van der Waals surface area contributed by atoms with Crippen LogP contribution in [-0.4, -0.2) is 16.2 Å². The Morgan fingerprint density at radius 1 is 1.24 bits per heavy atom. The normalized spacial score (nSPS) is 16.1. The maximum atomic E-state index is 12.2. The van der Waals surface area contributed by atoms with E-state index >= 15 is 0 Å². The van der Waals surface area contributed by atoms with Gasteiger partial charge >= 0.3 is 6.03 Å². The monoisotopic (exact) mass is 365 g/mol. The summed E-state index contributed by atoms with van der Waals surface area (Å²) in [6.45, 7) is 3.62. The van der Waals surface area contributed by atoms with Gasteiger partial charge in [0.1, 0.15) is 5.54 Å². The number of nitrogens with one attached hydrogen (secondary N) is 2. The van der Waals surface area contributed by atoms with Gasteiger partial charge in [0.25, 0.3) is 5.89 Å². The summed E-state index contributed by atoms with van der Waals surface area (Å²) in [5, 5.41) is 9.67. The molecule has 1 aliphatic carbocycles. The molecule has 8 heteroatoms. The molecule has 1 fully saturated rings. The van der Waals surface area contributed by atoms with Crippen LogP contribution in [0.15, 0.2) is 34.9 Å². The van der Waals surface area contributed by atoms with Gasteiger partial charge in [-0.25, -0.2) is 4.79 Å². The van der Waals surface area contributed by atoms with Crippen molar-refractivity contribution < 1.29 is 9.32 Å². The van der Waals surface area contributed by atoms with Crippen LogP contribution in [0.4, 0.5) is 10.5 Å². The second-order valence-electron chi connectivity index (χ2n) is 6.86. The van der Waals surface area contributed by atoms with Gasteiger partial charge in [0.05, 0.1) is 5.54 Å². The molecule has 25 heavy (non-hydrogen) atoms. The third-order valence-electron chi connectivity index (χ3n) is 4.36.